The normalized spacial score (nSPS) is 12.0. The van der Waals surface area contributed by atoms with E-state index in [4.69, 9.17) is 30.6 Å². The molecule has 1 N–H and O–H groups in total. The Labute approximate surface area is 129 Å². The third-order valence-corrected chi connectivity index (χ3v) is 2.68. The predicted molar refractivity (Wildman–Crippen MR) is 78.3 cm³/mol. The number of amides is 1. The largest absolute Gasteiger partial charge is 0.481 e. The number of rotatable bonds is 10. The highest BCUT2D eigenvalue weighted by Gasteiger charge is 2.14. The quantitative estimate of drug-likeness (QED) is 0.527. The lowest BCUT2D eigenvalue weighted by molar-refractivity contribution is -0.141. The summed E-state index contributed by atoms with van der Waals surface area (Å²) in [7, 11) is 1.60. The Balaban J connectivity index is 2.15. The Morgan fingerprint density at radius 3 is 2.52 bits per heavy atom. The molecule has 0 aliphatic carbocycles. The van der Waals surface area contributed by atoms with Gasteiger partial charge in [0, 0.05) is 12.1 Å². The second kappa shape index (κ2) is 10.4. The summed E-state index contributed by atoms with van der Waals surface area (Å²) in [5.74, 6) is 0.187. The summed E-state index contributed by atoms with van der Waals surface area (Å²) < 4.78 is 15.4. The summed E-state index contributed by atoms with van der Waals surface area (Å²) in [6.45, 7) is 3.27. The van der Waals surface area contributed by atoms with Crippen molar-refractivity contribution in [3.63, 3.8) is 0 Å². The number of hydroxylamine groups is 1. The van der Waals surface area contributed by atoms with Crippen LogP contribution in [0.5, 0.6) is 5.75 Å². The molecule has 0 bridgehead atoms. The smallest absolute Gasteiger partial charge is 0.284 e. The number of halogens is 1. The second-order valence-electron chi connectivity index (χ2n) is 4.13. The highest BCUT2D eigenvalue weighted by atomic mass is 35.5. The van der Waals surface area contributed by atoms with Crippen LogP contribution in [0.1, 0.15) is 6.92 Å². The molecule has 0 spiro atoms. The summed E-state index contributed by atoms with van der Waals surface area (Å²) in [4.78, 5) is 16.7. The maximum Gasteiger partial charge on any atom is 0.284 e. The van der Waals surface area contributed by atoms with Crippen molar-refractivity contribution in [2.45, 2.75) is 13.0 Å². The average Bonchev–Trinajstić information content (AvgIpc) is 2.48. The number of hydrogen-bond acceptors (Lipinski definition) is 5. The SMILES string of the molecule is COCCOCCONC(=O)[C@H](C)Oc1ccc(Cl)cc1. The zero-order valence-corrected chi connectivity index (χ0v) is 12.9. The van der Waals surface area contributed by atoms with Crippen molar-refractivity contribution in [2.24, 2.45) is 0 Å². The lowest BCUT2D eigenvalue weighted by Crippen LogP contribution is -2.37. The molecule has 0 unspecified atom stereocenters. The van der Waals surface area contributed by atoms with E-state index in [1.54, 1.807) is 38.3 Å². The van der Waals surface area contributed by atoms with Crippen molar-refractivity contribution < 1.29 is 23.8 Å². The topological polar surface area (TPSA) is 66.0 Å². The van der Waals surface area contributed by atoms with Gasteiger partial charge in [-0.2, -0.15) is 0 Å². The summed E-state index contributed by atoms with van der Waals surface area (Å²) in [6.07, 6.45) is -0.680. The first kappa shape index (κ1) is 17.7. The number of benzene rings is 1. The van der Waals surface area contributed by atoms with Crippen molar-refractivity contribution >= 4 is 17.5 Å². The lowest BCUT2D eigenvalue weighted by atomic mass is 10.3. The number of carbonyl (C=O) groups excluding carboxylic acids is 1. The van der Waals surface area contributed by atoms with Crippen LogP contribution in [0.3, 0.4) is 0 Å². The molecule has 0 saturated heterocycles. The van der Waals surface area contributed by atoms with Crippen LogP contribution in [0.15, 0.2) is 24.3 Å². The van der Waals surface area contributed by atoms with Crippen LogP contribution in [0.4, 0.5) is 0 Å². The fourth-order valence-electron chi connectivity index (χ4n) is 1.32. The van der Waals surface area contributed by atoms with Gasteiger partial charge in [-0.25, -0.2) is 5.48 Å². The Hall–Kier alpha value is -1.34. The molecule has 1 aromatic carbocycles. The molecular weight excluding hydrogens is 298 g/mol. The predicted octanol–water partition coefficient (Wildman–Crippen LogP) is 1.82. The first-order valence-electron chi connectivity index (χ1n) is 6.54. The van der Waals surface area contributed by atoms with E-state index in [0.717, 1.165) is 0 Å². The van der Waals surface area contributed by atoms with E-state index in [-0.39, 0.29) is 12.5 Å². The number of ether oxygens (including phenoxy) is 3. The van der Waals surface area contributed by atoms with Crippen LogP contribution in [-0.4, -0.2) is 45.5 Å². The fraction of sp³-hybridized carbons (Fsp3) is 0.500. The molecular formula is C14H20ClNO5. The molecule has 0 aromatic heterocycles. The molecule has 0 heterocycles. The van der Waals surface area contributed by atoms with Crippen molar-refractivity contribution in [2.75, 3.05) is 33.5 Å². The highest BCUT2D eigenvalue weighted by molar-refractivity contribution is 6.30. The van der Waals surface area contributed by atoms with Gasteiger partial charge in [-0.05, 0) is 31.2 Å². The molecule has 0 fully saturated rings. The van der Waals surface area contributed by atoms with Crippen LogP contribution in [0.25, 0.3) is 0 Å². The molecule has 21 heavy (non-hydrogen) atoms. The molecule has 7 heteroatoms. The van der Waals surface area contributed by atoms with Crippen LogP contribution in [0.2, 0.25) is 5.02 Å². The average molecular weight is 318 g/mol. The van der Waals surface area contributed by atoms with Crippen molar-refractivity contribution in [3.8, 4) is 5.75 Å². The molecule has 6 nitrogen and oxygen atoms in total. The van der Waals surface area contributed by atoms with Crippen molar-refractivity contribution in [3.05, 3.63) is 29.3 Å². The third kappa shape index (κ3) is 7.87. The molecule has 1 atom stereocenters. The van der Waals surface area contributed by atoms with Gasteiger partial charge in [-0.1, -0.05) is 11.6 Å². The molecule has 1 amide bonds. The summed E-state index contributed by atoms with van der Waals surface area (Å²) in [5, 5.41) is 0.608. The van der Waals surface area contributed by atoms with E-state index in [9.17, 15) is 4.79 Å². The van der Waals surface area contributed by atoms with E-state index in [1.807, 2.05) is 0 Å². The van der Waals surface area contributed by atoms with Gasteiger partial charge in [-0.3, -0.25) is 9.63 Å². The van der Waals surface area contributed by atoms with Crippen molar-refractivity contribution in [1.29, 1.82) is 0 Å². The van der Waals surface area contributed by atoms with Gasteiger partial charge in [0.1, 0.15) is 5.75 Å². The van der Waals surface area contributed by atoms with Crippen LogP contribution in [-0.2, 0) is 19.1 Å². The number of nitrogens with one attached hydrogen (secondary N) is 1. The van der Waals surface area contributed by atoms with Crippen molar-refractivity contribution in [1.82, 2.24) is 5.48 Å². The Morgan fingerprint density at radius 1 is 1.19 bits per heavy atom. The fourth-order valence-corrected chi connectivity index (χ4v) is 1.45. The molecule has 1 aromatic rings. The summed E-state index contributed by atoms with van der Waals surface area (Å²) >= 11 is 5.77. The maximum atomic E-state index is 11.7. The zero-order valence-electron chi connectivity index (χ0n) is 12.1. The van der Waals surface area contributed by atoms with Gasteiger partial charge < -0.3 is 14.2 Å². The van der Waals surface area contributed by atoms with E-state index < -0.39 is 6.10 Å². The monoisotopic (exact) mass is 317 g/mol. The number of hydrogen-bond donors (Lipinski definition) is 1. The molecule has 0 aliphatic rings. The summed E-state index contributed by atoms with van der Waals surface area (Å²) in [5.41, 5.74) is 2.30. The van der Waals surface area contributed by atoms with E-state index in [2.05, 4.69) is 5.48 Å². The van der Waals surface area contributed by atoms with Crippen LogP contribution < -0.4 is 10.2 Å². The Kier molecular flexibility index (Phi) is 8.77. The Morgan fingerprint density at radius 2 is 1.86 bits per heavy atom. The van der Waals surface area contributed by atoms with Crippen LogP contribution >= 0.6 is 11.6 Å². The van der Waals surface area contributed by atoms with Gasteiger partial charge in [-0.15, -0.1) is 0 Å². The first-order valence-corrected chi connectivity index (χ1v) is 6.92. The van der Waals surface area contributed by atoms with Gasteiger partial charge in [0.05, 0.1) is 26.4 Å². The molecule has 1 rings (SSSR count). The second-order valence-corrected chi connectivity index (χ2v) is 4.57. The van der Waals surface area contributed by atoms with Gasteiger partial charge in [0.15, 0.2) is 6.10 Å². The van der Waals surface area contributed by atoms with E-state index in [0.29, 0.717) is 30.6 Å². The Bertz CT molecular complexity index is 412. The highest BCUT2D eigenvalue weighted by Crippen LogP contribution is 2.16. The lowest BCUT2D eigenvalue weighted by Gasteiger charge is -2.14. The van der Waals surface area contributed by atoms with Gasteiger partial charge in [0.25, 0.3) is 5.91 Å². The van der Waals surface area contributed by atoms with Crippen LogP contribution in [0, 0.1) is 0 Å². The molecule has 0 radical (unpaired) electrons. The number of methoxy groups -OCH3 is 1. The molecule has 118 valence electrons. The standard InChI is InChI=1S/C14H20ClNO5/c1-11(21-13-5-3-12(15)4-6-13)14(17)16-20-10-9-19-8-7-18-2/h3-6,11H,7-10H2,1-2H3,(H,16,17)/t11-/m0/s1. The minimum absolute atomic E-state index is 0.253. The maximum absolute atomic E-state index is 11.7. The summed E-state index contributed by atoms with van der Waals surface area (Å²) in [6, 6.07) is 6.76. The van der Waals surface area contributed by atoms with Gasteiger partial charge in [0.2, 0.25) is 0 Å². The molecule has 0 aliphatic heterocycles. The van der Waals surface area contributed by atoms with E-state index in [1.165, 1.54) is 0 Å². The molecule has 0 saturated carbocycles. The van der Waals surface area contributed by atoms with Gasteiger partial charge >= 0.3 is 0 Å². The zero-order chi connectivity index (χ0) is 15.5. The first-order chi connectivity index (χ1) is 10.1. The third-order valence-electron chi connectivity index (χ3n) is 2.43. The van der Waals surface area contributed by atoms with E-state index >= 15 is 0 Å². The minimum atomic E-state index is -0.680. The number of carbonyl (C=O) groups is 1. The minimum Gasteiger partial charge on any atom is -0.481 e.